The molecule has 1 aromatic rings. The SMILES string of the molecule is CN(C)C(=O)CSC(CC(=O)NCCc1cccc(O)c1)C1CCCN1C(=O)OC(C)(C)C. The molecule has 9 heteroatoms. The minimum Gasteiger partial charge on any atom is -0.508 e. The molecule has 1 aliphatic rings. The van der Waals surface area contributed by atoms with Crippen molar-refractivity contribution in [3.05, 3.63) is 29.8 Å². The van der Waals surface area contributed by atoms with Crippen LogP contribution in [0.4, 0.5) is 4.79 Å². The van der Waals surface area contributed by atoms with Crippen LogP contribution in [-0.4, -0.2) is 82.6 Å². The zero-order valence-electron chi connectivity index (χ0n) is 20.3. The number of benzene rings is 1. The molecule has 1 fully saturated rings. The molecule has 0 saturated carbocycles. The highest BCUT2D eigenvalue weighted by atomic mass is 32.2. The smallest absolute Gasteiger partial charge is 0.410 e. The van der Waals surface area contributed by atoms with E-state index in [9.17, 15) is 19.5 Å². The highest BCUT2D eigenvalue weighted by Gasteiger charge is 2.38. The summed E-state index contributed by atoms with van der Waals surface area (Å²) in [5, 5.41) is 12.3. The summed E-state index contributed by atoms with van der Waals surface area (Å²) in [5.41, 5.74) is 0.335. The highest BCUT2D eigenvalue weighted by Crippen LogP contribution is 2.31. The van der Waals surface area contributed by atoms with Gasteiger partial charge in [-0.1, -0.05) is 12.1 Å². The number of hydrogen-bond donors (Lipinski definition) is 2. The van der Waals surface area contributed by atoms with Gasteiger partial charge in [0.05, 0.1) is 5.75 Å². The Morgan fingerprint density at radius 2 is 2.03 bits per heavy atom. The second-order valence-corrected chi connectivity index (χ2v) is 10.7. The van der Waals surface area contributed by atoms with Crippen molar-refractivity contribution in [2.45, 2.75) is 63.3 Å². The van der Waals surface area contributed by atoms with Crippen molar-refractivity contribution < 1.29 is 24.2 Å². The van der Waals surface area contributed by atoms with Crippen LogP contribution in [0.2, 0.25) is 0 Å². The van der Waals surface area contributed by atoms with Gasteiger partial charge in [0.25, 0.3) is 0 Å². The predicted molar refractivity (Wildman–Crippen MR) is 130 cm³/mol. The molecular formula is C24H37N3O5S. The van der Waals surface area contributed by atoms with Crippen LogP contribution < -0.4 is 5.32 Å². The second kappa shape index (κ2) is 12.2. The van der Waals surface area contributed by atoms with Crippen LogP contribution in [0.3, 0.4) is 0 Å². The number of carbonyl (C=O) groups excluding carboxylic acids is 3. The number of aromatic hydroxyl groups is 1. The molecule has 0 radical (unpaired) electrons. The third-order valence-corrected chi connectivity index (χ3v) is 6.63. The maximum absolute atomic E-state index is 12.8. The lowest BCUT2D eigenvalue weighted by atomic mass is 10.1. The van der Waals surface area contributed by atoms with Crippen LogP contribution in [0.25, 0.3) is 0 Å². The number of ether oxygens (including phenoxy) is 1. The van der Waals surface area contributed by atoms with E-state index in [0.29, 0.717) is 19.5 Å². The minimum atomic E-state index is -0.600. The van der Waals surface area contributed by atoms with Crippen LogP contribution >= 0.6 is 11.8 Å². The number of nitrogens with one attached hydrogen (secondary N) is 1. The van der Waals surface area contributed by atoms with Gasteiger partial charge in [-0.3, -0.25) is 9.59 Å². The summed E-state index contributed by atoms with van der Waals surface area (Å²) < 4.78 is 5.58. The van der Waals surface area contributed by atoms with Crippen molar-refractivity contribution in [2.24, 2.45) is 0 Å². The lowest BCUT2D eigenvalue weighted by Crippen LogP contribution is -2.46. The van der Waals surface area contributed by atoms with Crippen molar-refractivity contribution in [3.8, 4) is 5.75 Å². The number of thioether (sulfide) groups is 1. The maximum atomic E-state index is 12.8. The molecule has 1 aliphatic heterocycles. The fourth-order valence-corrected chi connectivity index (χ4v) is 5.04. The van der Waals surface area contributed by atoms with Gasteiger partial charge in [-0.2, -0.15) is 0 Å². The molecule has 1 heterocycles. The minimum absolute atomic E-state index is 0.0314. The van der Waals surface area contributed by atoms with Crippen molar-refractivity contribution >= 4 is 29.7 Å². The fourth-order valence-electron chi connectivity index (χ4n) is 3.65. The van der Waals surface area contributed by atoms with Crippen molar-refractivity contribution in [2.75, 3.05) is 32.9 Å². The zero-order valence-corrected chi connectivity index (χ0v) is 21.1. The van der Waals surface area contributed by atoms with Crippen molar-refractivity contribution in [3.63, 3.8) is 0 Å². The van der Waals surface area contributed by atoms with Gasteiger partial charge in [0.1, 0.15) is 11.4 Å². The van der Waals surface area contributed by atoms with Gasteiger partial charge in [0, 0.05) is 44.9 Å². The Labute approximate surface area is 201 Å². The average Bonchev–Trinajstić information content (AvgIpc) is 3.19. The van der Waals surface area contributed by atoms with Gasteiger partial charge in [0.15, 0.2) is 0 Å². The van der Waals surface area contributed by atoms with Gasteiger partial charge in [-0.05, 0) is 57.7 Å². The molecule has 2 unspecified atom stereocenters. The molecule has 2 atom stereocenters. The Hall–Kier alpha value is -2.42. The Kier molecular flexibility index (Phi) is 9.88. The zero-order chi connectivity index (χ0) is 24.6. The summed E-state index contributed by atoms with van der Waals surface area (Å²) in [7, 11) is 3.41. The molecule has 33 heavy (non-hydrogen) atoms. The number of amides is 3. The molecule has 2 N–H and O–H groups in total. The lowest BCUT2D eigenvalue weighted by Gasteiger charge is -2.33. The van der Waals surface area contributed by atoms with Crippen LogP contribution in [0, 0.1) is 0 Å². The van der Waals surface area contributed by atoms with Crippen LogP contribution in [0.15, 0.2) is 24.3 Å². The number of likely N-dealkylation sites (tertiary alicyclic amines) is 1. The predicted octanol–water partition coefficient (Wildman–Crippen LogP) is 3.03. The molecular weight excluding hydrogens is 442 g/mol. The molecule has 2 rings (SSSR count). The van der Waals surface area contributed by atoms with Gasteiger partial charge < -0.3 is 25.0 Å². The quantitative estimate of drug-likeness (QED) is 0.565. The number of nitrogens with zero attached hydrogens (tertiary/aromatic N) is 2. The molecule has 3 amide bonds. The van der Waals surface area contributed by atoms with E-state index in [1.54, 1.807) is 37.2 Å². The first-order valence-electron chi connectivity index (χ1n) is 11.3. The van der Waals surface area contributed by atoms with E-state index in [4.69, 9.17) is 4.74 Å². The van der Waals surface area contributed by atoms with Crippen molar-refractivity contribution in [1.29, 1.82) is 0 Å². The normalized spacial score (nSPS) is 16.9. The van der Waals surface area contributed by atoms with E-state index in [1.165, 1.54) is 16.7 Å². The summed E-state index contributed by atoms with van der Waals surface area (Å²) in [6, 6.07) is 6.78. The molecule has 8 nitrogen and oxygen atoms in total. The Balaban J connectivity index is 2.01. The first-order chi connectivity index (χ1) is 15.5. The lowest BCUT2D eigenvalue weighted by molar-refractivity contribution is -0.126. The van der Waals surface area contributed by atoms with Gasteiger partial charge >= 0.3 is 6.09 Å². The number of rotatable bonds is 9. The van der Waals surface area contributed by atoms with Gasteiger partial charge in [0.2, 0.25) is 11.8 Å². The molecule has 0 aliphatic carbocycles. The Bertz CT molecular complexity index is 825. The van der Waals surface area contributed by atoms with Crippen LogP contribution in [0.5, 0.6) is 5.75 Å². The summed E-state index contributed by atoms with van der Waals surface area (Å²) in [5.74, 6) is 0.286. The fraction of sp³-hybridized carbons (Fsp3) is 0.625. The number of carbonyl (C=O) groups is 3. The number of hydrogen-bond acceptors (Lipinski definition) is 6. The summed E-state index contributed by atoms with van der Waals surface area (Å²) in [4.78, 5) is 40.9. The summed E-state index contributed by atoms with van der Waals surface area (Å²) >= 11 is 1.42. The highest BCUT2D eigenvalue weighted by molar-refractivity contribution is 8.00. The topological polar surface area (TPSA) is 99.2 Å². The summed E-state index contributed by atoms with van der Waals surface area (Å²) in [6.45, 7) is 6.52. The first kappa shape index (κ1) is 26.8. The van der Waals surface area contributed by atoms with E-state index in [0.717, 1.165) is 18.4 Å². The molecule has 1 aromatic carbocycles. The second-order valence-electron chi connectivity index (χ2n) is 9.49. The molecule has 0 aromatic heterocycles. The van der Waals surface area contributed by atoms with Crippen LogP contribution in [0.1, 0.15) is 45.6 Å². The monoisotopic (exact) mass is 479 g/mol. The molecule has 1 saturated heterocycles. The first-order valence-corrected chi connectivity index (χ1v) is 12.4. The Morgan fingerprint density at radius 1 is 1.30 bits per heavy atom. The van der Waals surface area contributed by atoms with E-state index >= 15 is 0 Å². The van der Waals surface area contributed by atoms with Crippen molar-refractivity contribution in [1.82, 2.24) is 15.1 Å². The van der Waals surface area contributed by atoms with E-state index in [-0.39, 0.29) is 47.1 Å². The maximum Gasteiger partial charge on any atom is 0.410 e. The van der Waals surface area contributed by atoms with E-state index in [1.807, 2.05) is 26.8 Å². The molecule has 0 spiro atoms. The third-order valence-electron chi connectivity index (χ3n) is 5.31. The standard InChI is InChI=1S/C24H37N3O5S/c1-24(2,3)32-23(31)27-13-7-10-19(27)20(33-16-22(30)26(4)5)15-21(29)25-12-11-17-8-6-9-18(28)14-17/h6,8-9,14,19-20,28H,7,10-13,15-16H2,1-5H3,(H,25,29). The number of phenolic OH excluding ortho intramolecular Hbond substituents is 1. The third kappa shape index (κ3) is 9.15. The van der Waals surface area contributed by atoms with E-state index < -0.39 is 5.60 Å². The Morgan fingerprint density at radius 3 is 2.67 bits per heavy atom. The average molecular weight is 480 g/mol. The largest absolute Gasteiger partial charge is 0.508 e. The van der Waals surface area contributed by atoms with Gasteiger partial charge in [-0.25, -0.2) is 4.79 Å². The molecule has 184 valence electrons. The number of phenols is 1. The summed E-state index contributed by atoms with van der Waals surface area (Å²) in [6.07, 6.45) is 2.03. The molecule has 0 bridgehead atoms. The van der Waals surface area contributed by atoms with Gasteiger partial charge in [-0.15, -0.1) is 11.8 Å². The van der Waals surface area contributed by atoms with Crippen LogP contribution in [-0.2, 0) is 20.7 Å². The van der Waals surface area contributed by atoms with E-state index in [2.05, 4.69) is 5.32 Å².